The Hall–Kier alpha value is -2.94. The highest BCUT2D eigenvalue weighted by Crippen LogP contribution is 2.42. The van der Waals surface area contributed by atoms with Gasteiger partial charge in [0.25, 0.3) is 0 Å². The second-order valence-corrected chi connectivity index (χ2v) is 9.20. The predicted octanol–water partition coefficient (Wildman–Crippen LogP) is -1.19. The van der Waals surface area contributed by atoms with Crippen LogP contribution in [0.1, 0.15) is 18.9 Å². The molecule has 0 bridgehead atoms. The summed E-state index contributed by atoms with van der Waals surface area (Å²) >= 11 is 0. The van der Waals surface area contributed by atoms with Crippen LogP contribution in [-0.4, -0.2) is 98.9 Å². The van der Waals surface area contributed by atoms with Gasteiger partial charge in [-0.25, -0.2) is 4.79 Å². The summed E-state index contributed by atoms with van der Waals surface area (Å²) in [5.41, 5.74) is 0.702. The molecule has 1 aromatic carbocycles. The van der Waals surface area contributed by atoms with Gasteiger partial charge in [0.15, 0.2) is 17.8 Å². The lowest BCUT2D eigenvalue weighted by molar-refractivity contribution is -0.346. The van der Waals surface area contributed by atoms with Crippen LogP contribution in [0.25, 0.3) is 0 Å². The van der Waals surface area contributed by atoms with Crippen molar-refractivity contribution in [2.24, 2.45) is 11.8 Å². The van der Waals surface area contributed by atoms with E-state index in [0.29, 0.717) is 5.56 Å². The third kappa shape index (κ3) is 5.66. The van der Waals surface area contributed by atoms with E-state index in [-0.39, 0.29) is 36.5 Å². The third-order valence-corrected chi connectivity index (χ3v) is 6.77. The largest absolute Gasteiger partial charge is 0.504 e. The zero-order valence-corrected chi connectivity index (χ0v) is 19.9. The van der Waals surface area contributed by atoms with E-state index < -0.39 is 73.5 Å². The molecule has 37 heavy (non-hydrogen) atoms. The van der Waals surface area contributed by atoms with Crippen LogP contribution >= 0.6 is 0 Å². The van der Waals surface area contributed by atoms with Crippen LogP contribution in [-0.2, 0) is 39.7 Å². The molecular weight excluding hydrogens is 496 g/mol. The van der Waals surface area contributed by atoms with E-state index in [9.17, 15) is 40.2 Å². The Morgan fingerprint density at radius 1 is 1.08 bits per heavy atom. The van der Waals surface area contributed by atoms with Crippen LogP contribution in [0.3, 0.4) is 0 Å². The Morgan fingerprint density at radius 3 is 2.54 bits per heavy atom. The molecule has 4 rings (SSSR count). The molecule has 0 spiro atoms. The maximum absolute atomic E-state index is 12.9. The Balaban J connectivity index is 1.46. The quantitative estimate of drug-likeness (QED) is 0.183. The average molecular weight is 526 g/mol. The molecule has 2 saturated heterocycles. The van der Waals surface area contributed by atoms with E-state index in [1.807, 2.05) is 0 Å². The number of phenols is 2. The second kappa shape index (κ2) is 11.2. The number of carbonyl (C=O) groups excluding carboxylic acids is 2. The molecule has 0 aliphatic carbocycles. The topological polar surface area (TPSA) is 202 Å². The van der Waals surface area contributed by atoms with Crippen LogP contribution < -0.4 is 0 Å². The van der Waals surface area contributed by atoms with Gasteiger partial charge in [0.1, 0.15) is 30.5 Å². The normalized spacial score (nSPS) is 35.5. The minimum atomic E-state index is -1.67. The standard InChI is InChI=1S/C24H30O13/c1-10-18-12(7-17(28)35-10)13(22(32)33-5-4-11-2-3-14(26)15(27)6-11)9-34-23(18)37-24-21(31)20(30)19(29)16(8-25)36-24/h2-3,6,9-10,12,16,18-21,23-27,29-31H,4-5,7-8H2,1H3. The molecule has 0 saturated carbocycles. The van der Waals surface area contributed by atoms with Gasteiger partial charge >= 0.3 is 11.9 Å². The van der Waals surface area contributed by atoms with Gasteiger partial charge in [-0.15, -0.1) is 0 Å². The number of rotatable bonds is 7. The SMILES string of the molecule is CC1OC(=O)CC2C(C(=O)OCCc3ccc(O)c(O)c3)=COC(OC3OC(CO)C(O)C(O)C3O)C12. The third-order valence-electron chi connectivity index (χ3n) is 6.77. The summed E-state index contributed by atoms with van der Waals surface area (Å²) in [4.78, 5) is 25.1. The number of carbonyl (C=O) groups is 2. The smallest absolute Gasteiger partial charge is 0.337 e. The van der Waals surface area contributed by atoms with Gasteiger partial charge in [0.2, 0.25) is 6.29 Å². The number of aromatic hydroxyl groups is 2. The lowest BCUT2D eigenvalue weighted by Gasteiger charge is -2.45. The van der Waals surface area contributed by atoms with Crippen molar-refractivity contribution in [3.8, 4) is 11.5 Å². The summed E-state index contributed by atoms with van der Waals surface area (Å²) in [5, 5.41) is 58.8. The molecule has 9 unspecified atom stereocenters. The Labute approximate surface area is 211 Å². The van der Waals surface area contributed by atoms with Crippen molar-refractivity contribution in [2.75, 3.05) is 13.2 Å². The van der Waals surface area contributed by atoms with Crippen molar-refractivity contribution in [3.05, 3.63) is 35.6 Å². The van der Waals surface area contributed by atoms with Crippen molar-refractivity contribution >= 4 is 11.9 Å². The van der Waals surface area contributed by atoms with Gasteiger partial charge in [-0.1, -0.05) is 6.07 Å². The molecule has 3 aliphatic heterocycles. The molecule has 1 aromatic rings. The van der Waals surface area contributed by atoms with Gasteiger partial charge < -0.3 is 54.3 Å². The zero-order valence-electron chi connectivity index (χ0n) is 19.9. The fraction of sp³-hybridized carbons (Fsp3) is 0.583. The highest BCUT2D eigenvalue weighted by molar-refractivity contribution is 5.90. The van der Waals surface area contributed by atoms with E-state index in [4.69, 9.17) is 23.7 Å². The summed E-state index contributed by atoms with van der Waals surface area (Å²) in [5.74, 6) is -3.27. The monoisotopic (exact) mass is 526 g/mol. The maximum Gasteiger partial charge on any atom is 0.337 e. The van der Waals surface area contributed by atoms with Gasteiger partial charge in [-0.05, 0) is 24.6 Å². The second-order valence-electron chi connectivity index (χ2n) is 9.20. The highest BCUT2D eigenvalue weighted by Gasteiger charge is 2.52. The molecule has 9 atom stereocenters. The lowest BCUT2D eigenvalue weighted by Crippen LogP contribution is -2.61. The van der Waals surface area contributed by atoms with Crippen LogP contribution in [0.2, 0.25) is 0 Å². The van der Waals surface area contributed by atoms with Crippen molar-refractivity contribution in [1.82, 2.24) is 0 Å². The summed E-state index contributed by atoms with van der Waals surface area (Å²) in [7, 11) is 0. The molecule has 204 valence electrons. The molecule has 0 radical (unpaired) electrons. The van der Waals surface area contributed by atoms with Crippen molar-refractivity contribution in [2.45, 2.75) is 62.9 Å². The molecule has 3 heterocycles. The average Bonchev–Trinajstić information content (AvgIpc) is 2.86. The Morgan fingerprint density at radius 2 is 1.84 bits per heavy atom. The van der Waals surface area contributed by atoms with E-state index in [2.05, 4.69) is 0 Å². The van der Waals surface area contributed by atoms with Crippen molar-refractivity contribution in [1.29, 1.82) is 0 Å². The fourth-order valence-corrected chi connectivity index (χ4v) is 4.73. The first kappa shape index (κ1) is 27.1. The number of aliphatic hydroxyl groups excluding tert-OH is 4. The van der Waals surface area contributed by atoms with E-state index in [1.54, 1.807) is 13.0 Å². The number of phenolic OH excluding ortho intramolecular Hbond substituents is 2. The summed E-state index contributed by atoms with van der Waals surface area (Å²) < 4.78 is 27.4. The molecule has 0 amide bonds. The predicted molar refractivity (Wildman–Crippen MR) is 119 cm³/mol. The molecule has 3 aliphatic rings. The van der Waals surface area contributed by atoms with E-state index in [1.165, 1.54) is 12.1 Å². The van der Waals surface area contributed by atoms with Crippen molar-refractivity contribution in [3.63, 3.8) is 0 Å². The van der Waals surface area contributed by atoms with Gasteiger partial charge in [-0.2, -0.15) is 0 Å². The number of fused-ring (bicyclic) bond motifs is 1. The molecular formula is C24H30O13. The van der Waals surface area contributed by atoms with E-state index in [0.717, 1.165) is 6.26 Å². The van der Waals surface area contributed by atoms with Crippen LogP contribution in [0.15, 0.2) is 30.0 Å². The van der Waals surface area contributed by atoms with Gasteiger partial charge in [0.05, 0.1) is 37.4 Å². The number of ether oxygens (including phenoxy) is 5. The first-order valence-corrected chi connectivity index (χ1v) is 11.8. The summed E-state index contributed by atoms with van der Waals surface area (Å²) in [6.45, 7) is 0.895. The van der Waals surface area contributed by atoms with Crippen LogP contribution in [0.4, 0.5) is 0 Å². The molecule has 6 N–H and O–H groups in total. The minimum absolute atomic E-state index is 0.0530. The van der Waals surface area contributed by atoms with Crippen LogP contribution in [0.5, 0.6) is 11.5 Å². The number of cyclic esters (lactones) is 1. The molecule has 13 heteroatoms. The number of hydrogen-bond acceptors (Lipinski definition) is 13. The van der Waals surface area contributed by atoms with E-state index >= 15 is 0 Å². The number of esters is 2. The maximum atomic E-state index is 12.9. The number of hydrogen-bond donors (Lipinski definition) is 6. The van der Waals surface area contributed by atoms with Crippen molar-refractivity contribution < 1.29 is 63.9 Å². The van der Waals surface area contributed by atoms with Gasteiger partial charge in [0, 0.05) is 12.3 Å². The Bertz CT molecular complexity index is 1020. The summed E-state index contributed by atoms with van der Waals surface area (Å²) in [6, 6.07) is 4.24. The number of benzene rings is 1. The first-order chi connectivity index (χ1) is 17.6. The molecule has 0 aromatic heterocycles. The zero-order chi connectivity index (χ0) is 26.9. The van der Waals surface area contributed by atoms with Gasteiger partial charge in [-0.3, -0.25) is 4.79 Å². The Kier molecular flexibility index (Phi) is 8.21. The fourth-order valence-electron chi connectivity index (χ4n) is 4.73. The minimum Gasteiger partial charge on any atom is -0.504 e. The highest BCUT2D eigenvalue weighted by atomic mass is 16.8. The lowest BCUT2D eigenvalue weighted by atomic mass is 9.77. The summed E-state index contributed by atoms with van der Waals surface area (Å²) in [6.07, 6.45) is -8.33. The first-order valence-electron chi connectivity index (χ1n) is 11.8. The molecule has 13 nitrogen and oxygen atoms in total. The number of aliphatic hydroxyl groups is 4. The van der Waals surface area contributed by atoms with Crippen LogP contribution in [0, 0.1) is 11.8 Å². The molecule has 2 fully saturated rings.